The highest BCUT2D eigenvalue weighted by Gasteiger charge is 2.08. The second kappa shape index (κ2) is 3.26. The van der Waals surface area contributed by atoms with Crippen molar-refractivity contribution in [3.05, 3.63) is 22.2 Å². The molecule has 0 spiro atoms. The summed E-state index contributed by atoms with van der Waals surface area (Å²) in [5.41, 5.74) is -0.396. The van der Waals surface area contributed by atoms with Crippen molar-refractivity contribution in [1.29, 1.82) is 0 Å². The van der Waals surface area contributed by atoms with Crippen LogP contribution in [0.15, 0.2) is 11.0 Å². The summed E-state index contributed by atoms with van der Waals surface area (Å²) < 4.78 is 0.935. The van der Waals surface area contributed by atoms with Gasteiger partial charge in [-0.2, -0.15) is 0 Å². The van der Waals surface area contributed by atoms with Crippen LogP contribution in [-0.2, 0) is 11.3 Å². The van der Waals surface area contributed by atoms with E-state index in [4.69, 9.17) is 10.2 Å². The minimum absolute atomic E-state index is 0.394. The van der Waals surface area contributed by atoms with Crippen molar-refractivity contribution in [2.75, 3.05) is 0 Å². The van der Waals surface area contributed by atoms with Gasteiger partial charge in [0, 0.05) is 5.69 Å². The van der Waals surface area contributed by atoms with Crippen molar-refractivity contribution >= 4 is 5.97 Å². The predicted octanol–water partition coefficient (Wildman–Crippen LogP) is -0.658. The molecule has 0 fully saturated rings. The molecule has 13 heavy (non-hydrogen) atoms. The highest BCUT2D eigenvalue weighted by atomic mass is 16.4. The number of aliphatic carboxylic acids is 1. The summed E-state index contributed by atoms with van der Waals surface area (Å²) in [6.45, 7) is 1.07. The van der Waals surface area contributed by atoms with Crippen molar-refractivity contribution in [3.63, 3.8) is 0 Å². The van der Waals surface area contributed by atoms with Crippen LogP contribution in [0.1, 0.15) is 5.69 Å². The molecule has 0 amide bonds. The fourth-order valence-corrected chi connectivity index (χ4v) is 0.892. The summed E-state index contributed by atoms with van der Waals surface area (Å²) in [6, 6.07) is 0. The van der Waals surface area contributed by atoms with E-state index < -0.39 is 24.0 Å². The Morgan fingerprint density at radius 3 is 2.85 bits per heavy atom. The Labute approximate surface area is 73.1 Å². The number of carbonyl (C=O) groups is 1. The number of carboxylic acid groups (broad SMARTS) is 1. The molecule has 1 rings (SSSR count). The van der Waals surface area contributed by atoms with Crippen LogP contribution in [0.25, 0.3) is 0 Å². The Morgan fingerprint density at radius 2 is 2.31 bits per heavy atom. The fourth-order valence-electron chi connectivity index (χ4n) is 0.892. The Morgan fingerprint density at radius 1 is 1.69 bits per heavy atom. The first kappa shape index (κ1) is 9.24. The molecule has 1 heterocycles. The monoisotopic (exact) mass is 184 g/mol. The first-order valence-electron chi connectivity index (χ1n) is 3.49. The van der Waals surface area contributed by atoms with Crippen molar-refractivity contribution < 1.29 is 15.0 Å². The molecule has 1 aromatic heterocycles. The molecule has 6 heteroatoms. The van der Waals surface area contributed by atoms with Gasteiger partial charge in [-0.05, 0) is 6.92 Å². The molecule has 0 aliphatic rings. The molecule has 0 saturated carbocycles. The van der Waals surface area contributed by atoms with Crippen molar-refractivity contribution in [2.24, 2.45) is 0 Å². The highest BCUT2D eigenvalue weighted by molar-refractivity contribution is 5.66. The Balaban J connectivity index is 3.26. The first-order chi connectivity index (χ1) is 6.02. The highest BCUT2D eigenvalue weighted by Crippen LogP contribution is 1.97. The van der Waals surface area contributed by atoms with Crippen molar-refractivity contribution in [2.45, 2.75) is 13.5 Å². The van der Waals surface area contributed by atoms with Gasteiger partial charge < -0.3 is 10.2 Å². The number of hydrogen-bond acceptors (Lipinski definition) is 4. The molecule has 0 aliphatic heterocycles. The maximum atomic E-state index is 11.1. The van der Waals surface area contributed by atoms with Gasteiger partial charge in [0.25, 0.3) is 5.88 Å². The number of nitrogens with zero attached hydrogens (tertiary/aromatic N) is 2. The summed E-state index contributed by atoms with van der Waals surface area (Å²) in [4.78, 5) is 24.8. The van der Waals surface area contributed by atoms with E-state index in [9.17, 15) is 9.59 Å². The Bertz CT molecular complexity index is 396. The molecule has 2 N–H and O–H groups in total. The smallest absolute Gasteiger partial charge is 0.323 e. The SMILES string of the molecule is Cc1cnc(O)c(=O)n1CC(=O)O. The average molecular weight is 184 g/mol. The zero-order chi connectivity index (χ0) is 10.0. The van der Waals surface area contributed by atoms with Crippen LogP contribution in [0, 0.1) is 6.92 Å². The van der Waals surface area contributed by atoms with E-state index in [-0.39, 0.29) is 0 Å². The van der Waals surface area contributed by atoms with E-state index in [0.29, 0.717) is 5.69 Å². The molecule has 0 aromatic carbocycles. The molecule has 0 bridgehead atoms. The number of aromatic nitrogens is 2. The lowest BCUT2D eigenvalue weighted by molar-refractivity contribution is -0.137. The van der Waals surface area contributed by atoms with E-state index >= 15 is 0 Å². The molecule has 1 aromatic rings. The largest absolute Gasteiger partial charge is 0.489 e. The molecular weight excluding hydrogens is 176 g/mol. The van der Waals surface area contributed by atoms with Crippen LogP contribution in [0.4, 0.5) is 0 Å². The van der Waals surface area contributed by atoms with Gasteiger partial charge in [-0.1, -0.05) is 0 Å². The van der Waals surface area contributed by atoms with Gasteiger partial charge in [0.2, 0.25) is 0 Å². The van der Waals surface area contributed by atoms with Crippen LogP contribution in [0.5, 0.6) is 5.88 Å². The van der Waals surface area contributed by atoms with Gasteiger partial charge in [-0.3, -0.25) is 14.2 Å². The van der Waals surface area contributed by atoms with E-state index in [1.807, 2.05) is 0 Å². The minimum Gasteiger partial charge on any atom is -0.489 e. The zero-order valence-electron chi connectivity index (χ0n) is 6.89. The zero-order valence-corrected chi connectivity index (χ0v) is 6.89. The Kier molecular flexibility index (Phi) is 2.32. The number of aryl methyl sites for hydroxylation is 1. The summed E-state index contributed by atoms with van der Waals surface area (Å²) in [5, 5.41) is 17.3. The second-order valence-corrected chi connectivity index (χ2v) is 2.51. The van der Waals surface area contributed by atoms with Gasteiger partial charge in [0.15, 0.2) is 0 Å². The molecule has 0 radical (unpaired) electrons. The summed E-state index contributed by atoms with van der Waals surface area (Å²) in [5.74, 6) is -1.83. The van der Waals surface area contributed by atoms with E-state index in [2.05, 4.69) is 4.98 Å². The van der Waals surface area contributed by atoms with Gasteiger partial charge in [-0.25, -0.2) is 4.98 Å². The van der Waals surface area contributed by atoms with E-state index in [0.717, 1.165) is 4.57 Å². The van der Waals surface area contributed by atoms with Crippen LogP contribution < -0.4 is 5.56 Å². The third-order valence-electron chi connectivity index (χ3n) is 1.53. The third-order valence-corrected chi connectivity index (χ3v) is 1.53. The molecule has 0 unspecified atom stereocenters. The van der Waals surface area contributed by atoms with Crippen molar-refractivity contribution in [3.8, 4) is 5.88 Å². The van der Waals surface area contributed by atoms with Crippen LogP contribution in [0.2, 0.25) is 0 Å². The number of rotatable bonds is 2. The number of hydrogen-bond donors (Lipinski definition) is 2. The lowest BCUT2D eigenvalue weighted by Gasteiger charge is -2.05. The van der Waals surface area contributed by atoms with Gasteiger partial charge in [0.05, 0.1) is 6.20 Å². The normalized spacial score (nSPS) is 9.92. The summed E-state index contributed by atoms with van der Waals surface area (Å²) in [6.07, 6.45) is 1.24. The third kappa shape index (κ3) is 1.84. The molecular formula is C7H8N2O4. The summed E-state index contributed by atoms with van der Waals surface area (Å²) in [7, 11) is 0. The summed E-state index contributed by atoms with van der Waals surface area (Å²) >= 11 is 0. The maximum absolute atomic E-state index is 11.1. The number of carboxylic acids is 1. The molecule has 70 valence electrons. The standard InChI is InChI=1S/C7H8N2O4/c1-4-2-8-6(12)7(13)9(4)3-5(10)11/h2H,3H2,1H3,(H,8,12)(H,10,11). The predicted molar refractivity (Wildman–Crippen MR) is 42.5 cm³/mol. The minimum atomic E-state index is -1.14. The van der Waals surface area contributed by atoms with Gasteiger partial charge in [0.1, 0.15) is 6.54 Å². The lowest BCUT2D eigenvalue weighted by atomic mass is 10.4. The lowest BCUT2D eigenvalue weighted by Crippen LogP contribution is -2.26. The van der Waals surface area contributed by atoms with Crippen LogP contribution in [0.3, 0.4) is 0 Å². The van der Waals surface area contributed by atoms with Gasteiger partial charge >= 0.3 is 11.5 Å². The maximum Gasteiger partial charge on any atom is 0.323 e. The molecule has 0 atom stereocenters. The molecule has 6 nitrogen and oxygen atoms in total. The number of aromatic hydroxyl groups is 1. The topological polar surface area (TPSA) is 92.4 Å². The average Bonchev–Trinajstić information content (AvgIpc) is 2.05. The first-order valence-corrected chi connectivity index (χ1v) is 3.49. The van der Waals surface area contributed by atoms with E-state index in [1.165, 1.54) is 13.1 Å². The van der Waals surface area contributed by atoms with Crippen LogP contribution >= 0.6 is 0 Å². The fraction of sp³-hybridized carbons (Fsp3) is 0.286. The second-order valence-electron chi connectivity index (χ2n) is 2.51. The Hall–Kier alpha value is -1.85. The van der Waals surface area contributed by atoms with E-state index in [1.54, 1.807) is 0 Å². The van der Waals surface area contributed by atoms with Crippen molar-refractivity contribution in [1.82, 2.24) is 9.55 Å². The van der Waals surface area contributed by atoms with Gasteiger partial charge in [-0.15, -0.1) is 0 Å². The quantitative estimate of drug-likeness (QED) is 0.636. The molecule has 0 saturated heterocycles. The van der Waals surface area contributed by atoms with Crippen LogP contribution in [-0.4, -0.2) is 25.7 Å². The molecule has 0 aliphatic carbocycles.